The minimum absolute atomic E-state index is 0.136. The second-order valence-electron chi connectivity index (χ2n) is 2.95. The quantitative estimate of drug-likeness (QED) is 0.452. The van der Waals surface area contributed by atoms with Gasteiger partial charge < -0.3 is 10.4 Å². The van der Waals surface area contributed by atoms with Crippen LogP contribution in [0.5, 0.6) is 0 Å². The highest BCUT2D eigenvalue weighted by molar-refractivity contribution is 5.72. The van der Waals surface area contributed by atoms with E-state index >= 15 is 0 Å². The highest BCUT2D eigenvalue weighted by atomic mass is 19.2. The van der Waals surface area contributed by atoms with E-state index < -0.39 is 12.1 Å². The van der Waals surface area contributed by atoms with Crippen LogP contribution in [0.4, 0.5) is 4.48 Å². The largest absolute Gasteiger partial charge is 0.370 e. The van der Waals surface area contributed by atoms with Gasteiger partial charge in [-0.3, -0.25) is 4.79 Å². The fourth-order valence-corrected chi connectivity index (χ4v) is 1.31. The number of amides is 1. The van der Waals surface area contributed by atoms with Gasteiger partial charge >= 0.3 is 0 Å². The Bertz CT molecular complexity index is 171. The summed E-state index contributed by atoms with van der Waals surface area (Å²) in [5.74, 6) is -0.767. The van der Waals surface area contributed by atoms with E-state index in [1.54, 1.807) is 0 Å². The fourth-order valence-electron chi connectivity index (χ4n) is 1.31. The van der Waals surface area contributed by atoms with Gasteiger partial charge in [-0.1, -0.05) is 4.48 Å². The third kappa shape index (κ3) is 1.92. The summed E-state index contributed by atoms with van der Waals surface area (Å²) in [6.45, 7) is 1.85. The Morgan fingerprint density at radius 2 is 2.50 bits per heavy atom. The van der Waals surface area contributed by atoms with Gasteiger partial charge in [0.05, 0.1) is 6.04 Å². The van der Waals surface area contributed by atoms with Gasteiger partial charge in [0.1, 0.15) is 0 Å². The van der Waals surface area contributed by atoms with Gasteiger partial charge in [0.15, 0.2) is 6.23 Å². The molecule has 4 nitrogen and oxygen atoms in total. The Balaban J connectivity index is 2.44. The first-order valence-corrected chi connectivity index (χ1v) is 4.00. The van der Waals surface area contributed by atoms with Gasteiger partial charge in [-0.25, -0.2) is 0 Å². The van der Waals surface area contributed by atoms with Crippen LogP contribution in [0.15, 0.2) is 0 Å². The molecule has 2 N–H and O–H groups in total. The predicted molar refractivity (Wildman–Crippen MR) is 40.7 cm³/mol. The van der Waals surface area contributed by atoms with E-state index in [-0.39, 0.29) is 11.2 Å². The summed E-state index contributed by atoms with van der Waals surface area (Å²) in [7, 11) is 0. The minimum Gasteiger partial charge on any atom is -0.370 e. The molecule has 5 heteroatoms. The Hall–Kier alpha value is -0.680. The van der Waals surface area contributed by atoms with E-state index in [2.05, 4.69) is 5.32 Å². The van der Waals surface area contributed by atoms with Crippen molar-refractivity contribution in [2.45, 2.75) is 32.0 Å². The molecular weight excluding hydrogens is 163 g/mol. The maximum absolute atomic E-state index is 12.8. The Labute approximate surface area is 70.3 Å². The van der Waals surface area contributed by atoms with Crippen molar-refractivity contribution in [2.24, 2.45) is 0 Å². The summed E-state index contributed by atoms with van der Waals surface area (Å²) in [6, 6.07) is -0.320. The number of hydrogen-bond acceptors (Lipinski definition) is 3. The number of nitrogens with one attached hydrogen (secondary N) is 1. The molecule has 0 aliphatic carbocycles. The molecule has 1 rings (SSSR count). The summed E-state index contributed by atoms with van der Waals surface area (Å²) in [6.07, 6.45) is 0.271. The average molecular weight is 176 g/mol. The molecule has 0 saturated carbocycles. The molecule has 1 saturated heterocycles. The third-order valence-corrected chi connectivity index (χ3v) is 1.99. The van der Waals surface area contributed by atoms with Gasteiger partial charge in [-0.2, -0.15) is 0 Å². The SMILES string of the molecule is CC(=O)N(F)C(O)C1CCCN1. The zero-order valence-corrected chi connectivity index (χ0v) is 6.96. The number of rotatable bonds is 2. The minimum atomic E-state index is -1.34. The maximum Gasteiger partial charge on any atom is 0.249 e. The van der Waals surface area contributed by atoms with Crippen molar-refractivity contribution < 1.29 is 14.4 Å². The van der Waals surface area contributed by atoms with Crippen LogP contribution in [0.3, 0.4) is 0 Å². The summed E-state index contributed by atoms with van der Waals surface area (Å²) < 4.78 is 12.8. The monoisotopic (exact) mass is 176 g/mol. The molecule has 0 bridgehead atoms. The van der Waals surface area contributed by atoms with Gasteiger partial charge in [0.25, 0.3) is 0 Å². The van der Waals surface area contributed by atoms with Crippen LogP contribution in [0.2, 0.25) is 0 Å². The second kappa shape index (κ2) is 3.82. The Morgan fingerprint density at radius 1 is 1.83 bits per heavy atom. The van der Waals surface area contributed by atoms with Crippen LogP contribution in [0.25, 0.3) is 0 Å². The lowest BCUT2D eigenvalue weighted by atomic mass is 10.2. The number of aliphatic hydroxyl groups excluding tert-OH is 1. The number of halogens is 1. The van der Waals surface area contributed by atoms with E-state index in [4.69, 9.17) is 0 Å². The summed E-state index contributed by atoms with van der Waals surface area (Å²) in [5, 5.41) is 12.0. The number of aliphatic hydroxyl groups is 1. The highest BCUT2D eigenvalue weighted by Crippen LogP contribution is 2.12. The molecule has 0 aromatic rings. The van der Waals surface area contributed by atoms with E-state index in [0.717, 1.165) is 19.9 Å². The molecule has 0 spiro atoms. The summed E-state index contributed by atoms with van der Waals surface area (Å²) in [5.41, 5.74) is 0. The second-order valence-corrected chi connectivity index (χ2v) is 2.95. The van der Waals surface area contributed by atoms with Crippen molar-refractivity contribution in [3.8, 4) is 0 Å². The van der Waals surface area contributed by atoms with Gasteiger partial charge in [0.2, 0.25) is 5.91 Å². The standard InChI is InChI=1S/C7H13FN2O2/c1-5(11)10(8)7(12)6-3-2-4-9-6/h6-7,9,12H,2-4H2,1H3. The average Bonchev–Trinajstić information content (AvgIpc) is 2.53. The molecule has 0 radical (unpaired) electrons. The lowest BCUT2D eigenvalue weighted by molar-refractivity contribution is -0.173. The van der Waals surface area contributed by atoms with Crippen molar-refractivity contribution in [3.63, 3.8) is 0 Å². The Kier molecular flexibility index (Phi) is 2.99. The molecule has 12 heavy (non-hydrogen) atoms. The van der Waals surface area contributed by atoms with Crippen LogP contribution in [-0.2, 0) is 4.79 Å². The molecule has 1 aliphatic heterocycles. The number of nitrogens with zero attached hydrogens (tertiary/aromatic N) is 1. The van der Waals surface area contributed by atoms with Crippen molar-refractivity contribution >= 4 is 5.91 Å². The molecule has 2 atom stereocenters. The number of carbonyl (C=O) groups is 1. The van der Waals surface area contributed by atoms with Crippen molar-refractivity contribution in [1.82, 2.24) is 10.4 Å². The van der Waals surface area contributed by atoms with E-state index in [0.29, 0.717) is 6.42 Å². The number of hydrogen-bond donors (Lipinski definition) is 2. The zero-order valence-electron chi connectivity index (χ0n) is 6.96. The Morgan fingerprint density at radius 3 is 2.92 bits per heavy atom. The fraction of sp³-hybridized carbons (Fsp3) is 0.857. The van der Waals surface area contributed by atoms with E-state index in [1.807, 2.05) is 0 Å². The van der Waals surface area contributed by atoms with E-state index in [9.17, 15) is 14.4 Å². The summed E-state index contributed by atoms with van der Waals surface area (Å²) in [4.78, 5) is 10.5. The molecule has 1 amide bonds. The molecule has 1 fully saturated rings. The maximum atomic E-state index is 12.8. The topological polar surface area (TPSA) is 52.6 Å². The smallest absolute Gasteiger partial charge is 0.249 e. The lowest BCUT2D eigenvalue weighted by Gasteiger charge is -2.22. The molecule has 0 aromatic carbocycles. The van der Waals surface area contributed by atoms with Crippen molar-refractivity contribution in [2.75, 3.05) is 6.54 Å². The van der Waals surface area contributed by atoms with Crippen LogP contribution in [0.1, 0.15) is 19.8 Å². The third-order valence-electron chi connectivity index (χ3n) is 1.99. The predicted octanol–water partition coefficient (Wildman–Crippen LogP) is -0.210. The molecule has 0 aromatic heterocycles. The van der Waals surface area contributed by atoms with Crippen molar-refractivity contribution in [3.05, 3.63) is 0 Å². The molecule has 70 valence electrons. The van der Waals surface area contributed by atoms with E-state index in [1.165, 1.54) is 0 Å². The number of carbonyl (C=O) groups excluding carboxylic acids is 1. The molecular formula is C7H13FN2O2. The van der Waals surface area contributed by atoms with Crippen LogP contribution in [-0.4, -0.2) is 35.0 Å². The summed E-state index contributed by atoms with van der Waals surface area (Å²) >= 11 is 0. The van der Waals surface area contributed by atoms with Crippen molar-refractivity contribution in [1.29, 1.82) is 0 Å². The zero-order chi connectivity index (χ0) is 9.14. The normalized spacial score (nSPS) is 25.4. The highest BCUT2D eigenvalue weighted by Gasteiger charge is 2.29. The van der Waals surface area contributed by atoms with Gasteiger partial charge in [-0.15, -0.1) is 5.12 Å². The van der Waals surface area contributed by atoms with Crippen LogP contribution >= 0.6 is 0 Å². The van der Waals surface area contributed by atoms with Gasteiger partial charge in [0, 0.05) is 6.92 Å². The first kappa shape index (κ1) is 9.41. The van der Waals surface area contributed by atoms with Gasteiger partial charge in [-0.05, 0) is 19.4 Å². The van der Waals surface area contributed by atoms with Crippen LogP contribution in [0, 0.1) is 0 Å². The first-order chi connectivity index (χ1) is 5.63. The lowest BCUT2D eigenvalue weighted by Crippen LogP contribution is -2.45. The molecule has 1 aliphatic rings. The van der Waals surface area contributed by atoms with Crippen LogP contribution < -0.4 is 5.32 Å². The molecule has 2 unspecified atom stereocenters. The first-order valence-electron chi connectivity index (χ1n) is 4.00. The molecule has 1 heterocycles.